The monoisotopic (exact) mass is 322 g/mol. The molecule has 1 heterocycles. The maximum absolute atomic E-state index is 6.26. The molecule has 21 heavy (non-hydrogen) atoms. The van der Waals surface area contributed by atoms with Crippen LogP contribution in [0.15, 0.2) is 24.3 Å². The van der Waals surface area contributed by atoms with Crippen LogP contribution in [-0.2, 0) is 18.4 Å². The standard InChI is InChI=1S/C17H23ClN2S/c1-5-19-11-14-16(17(2,3)4)20-15(21-14)10-12-8-6-7-9-13(12)18/h6-9,19H,5,10-11H2,1-4H3. The van der Waals surface area contributed by atoms with E-state index in [1.807, 2.05) is 18.2 Å². The zero-order chi connectivity index (χ0) is 15.5. The molecule has 0 bridgehead atoms. The number of hydrogen-bond donors (Lipinski definition) is 1. The summed E-state index contributed by atoms with van der Waals surface area (Å²) in [7, 11) is 0. The maximum atomic E-state index is 6.26. The highest BCUT2D eigenvalue weighted by molar-refractivity contribution is 7.11. The summed E-state index contributed by atoms with van der Waals surface area (Å²) >= 11 is 8.06. The van der Waals surface area contributed by atoms with Gasteiger partial charge in [0.05, 0.1) is 10.7 Å². The van der Waals surface area contributed by atoms with E-state index in [1.165, 1.54) is 10.6 Å². The lowest BCUT2D eigenvalue weighted by atomic mass is 9.91. The summed E-state index contributed by atoms with van der Waals surface area (Å²) in [5, 5.41) is 5.37. The minimum absolute atomic E-state index is 0.0694. The number of aromatic nitrogens is 1. The minimum Gasteiger partial charge on any atom is -0.312 e. The first-order valence-electron chi connectivity index (χ1n) is 7.35. The van der Waals surface area contributed by atoms with Gasteiger partial charge in [0.1, 0.15) is 0 Å². The van der Waals surface area contributed by atoms with Crippen molar-refractivity contribution < 1.29 is 0 Å². The van der Waals surface area contributed by atoms with Gasteiger partial charge in [0.2, 0.25) is 0 Å². The SMILES string of the molecule is CCNCc1sc(Cc2ccccc2Cl)nc1C(C)(C)C. The molecule has 0 unspecified atom stereocenters. The molecule has 1 aromatic carbocycles. The molecule has 0 amide bonds. The van der Waals surface area contributed by atoms with E-state index >= 15 is 0 Å². The van der Waals surface area contributed by atoms with Crippen molar-refractivity contribution in [1.82, 2.24) is 10.3 Å². The second-order valence-electron chi connectivity index (χ2n) is 6.18. The van der Waals surface area contributed by atoms with E-state index in [0.29, 0.717) is 0 Å². The van der Waals surface area contributed by atoms with Crippen LogP contribution in [0, 0.1) is 0 Å². The first-order valence-corrected chi connectivity index (χ1v) is 8.54. The van der Waals surface area contributed by atoms with Crippen molar-refractivity contribution in [1.29, 1.82) is 0 Å². The van der Waals surface area contributed by atoms with E-state index in [4.69, 9.17) is 16.6 Å². The summed E-state index contributed by atoms with van der Waals surface area (Å²) in [6, 6.07) is 8.00. The molecule has 0 aliphatic rings. The molecular formula is C17H23ClN2S. The van der Waals surface area contributed by atoms with Gasteiger partial charge in [0.15, 0.2) is 0 Å². The third kappa shape index (κ3) is 4.29. The predicted octanol–water partition coefficient (Wildman–Crippen LogP) is 4.79. The highest BCUT2D eigenvalue weighted by atomic mass is 35.5. The molecule has 0 spiro atoms. The van der Waals surface area contributed by atoms with Gasteiger partial charge in [-0.2, -0.15) is 0 Å². The van der Waals surface area contributed by atoms with Crippen LogP contribution in [-0.4, -0.2) is 11.5 Å². The topological polar surface area (TPSA) is 24.9 Å². The fourth-order valence-corrected chi connectivity index (χ4v) is 3.70. The Bertz CT molecular complexity index is 599. The van der Waals surface area contributed by atoms with Gasteiger partial charge >= 0.3 is 0 Å². The third-order valence-corrected chi connectivity index (χ3v) is 4.71. The van der Waals surface area contributed by atoms with Crippen LogP contribution in [0.1, 0.15) is 48.8 Å². The Hall–Kier alpha value is -0.900. The van der Waals surface area contributed by atoms with Crippen molar-refractivity contribution in [3.8, 4) is 0 Å². The second-order valence-corrected chi connectivity index (χ2v) is 7.75. The van der Waals surface area contributed by atoms with Crippen LogP contribution in [0.2, 0.25) is 5.02 Å². The fourth-order valence-electron chi connectivity index (χ4n) is 2.23. The summed E-state index contributed by atoms with van der Waals surface area (Å²) in [5.74, 6) is 0. The van der Waals surface area contributed by atoms with E-state index in [1.54, 1.807) is 11.3 Å². The summed E-state index contributed by atoms with van der Waals surface area (Å²) < 4.78 is 0. The first kappa shape index (κ1) is 16.5. The lowest BCUT2D eigenvalue weighted by Crippen LogP contribution is -2.18. The number of nitrogens with zero attached hydrogens (tertiary/aromatic N) is 1. The van der Waals surface area contributed by atoms with Crippen LogP contribution in [0.25, 0.3) is 0 Å². The Labute approximate surface area is 136 Å². The lowest BCUT2D eigenvalue weighted by molar-refractivity contribution is 0.559. The molecule has 0 aliphatic carbocycles. The quantitative estimate of drug-likeness (QED) is 0.855. The Kier molecular flexibility index (Phi) is 5.42. The van der Waals surface area contributed by atoms with Crippen molar-refractivity contribution >= 4 is 22.9 Å². The van der Waals surface area contributed by atoms with Crippen LogP contribution in [0.5, 0.6) is 0 Å². The van der Waals surface area contributed by atoms with E-state index in [9.17, 15) is 0 Å². The van der Waals surface area contributed by atoms with E-state index < -0.39 is 0 Å². The number of nitrogens with one attached hydrogen (secondary N) is 1. The molecule has 4 heteroatoms. The van der Waals surface area contributed by atoms with Gasteiger partial charge < -0.3 is 5.32 Å². The van der Waals surface area contributed by atoms with Crippen molar-refractivity contribution in [2.45, 2.75) is 46.1 Å². The maximum Gasteiger partial charge on any atom is 0.0976 e. The highest BCUT2D eigenvalue weighted by Gasteiger charge is 2.23. The lowest BCUT2D eigenvalue weighted by Gasteiger charge is -2.17. The summed E-state index contributed by atoms with van der Waals surface area (Å²) in [4.78, 5) is 6.23. The van der Waals surface area contributed by atoms with E-state index in [2.05, 4.69) is 39.1 Å². The first-order chi connectivity index (χ1) is 9.91. The summed E-state index contributed by atoms with van der Waals surface area (Å²) in [6.45, 7) is 10.7. The zero-order valence-electron chi connectivity index (χ0n) is 13.2. The van der Waals surface area contributed by atoms with Gasteiger partial charge in [-0.25, -0.2) is 4.98 Å². The van der Waals surface area contributed by atoms with Gasteiger partial charge in [0.25, 0.3) is 0 Å². The molecule has 0 atom stereocenters. The number of hydrogen-bond acceptors (Lipinski definition) is 3. The molecular weight excluding hydrogens is 300 g/mol. The molecule has 2 aromatic rings. The fraction of sp³-hybridized carbons (Fsp3) is 0.471. The number of halogens is 1. The number of benzene rings is 1. The largest absolute Gasteiger partial charge is 0.312 e. The smallest absolute Gasteiger partial charge is 0.0976 e. The third-order valence-electron chi connectivity index (χ3n) is 3.29. The Balaban J connectivity index is 2.29. The van der Waals surface area contributed by atoms with Gasteiger partial charge in [-0.3, -0.25) is 0 Å². The normalized spacial score (nSPS) is 11.9. The molecule has 2 rings (SSSR count). The predicted molar refractivity (Wildman–Crippen MR) is 92.5 cm³/mol. The molecule has 0 radical (unpaired) electrons. The van der Waals surface area contributed by atoms with Gasteiger partial charge in [0, 0.05) is 28.3 Å². The van der Waals surface area contributed by atoms with Crippen LogP contribution < -0.4 is 5.32 Å². The van der Waals surface area contributed by atoms with Crippen molar-refractivity contribution in [2.24, 2.45) is 0 Å². The molecule has 0 fully saturated rings. The summed E-state index contributed by atoms with van der Waals surface area (Å²) in [6.07, 6.45) is 0.805. The second kappa shape index (κ2) is 6.91. The van der Waals surface area contributed by atoms with E-state index in [0.717, 1.165) is 35.1 Å². The Morgan fingerprint density at radius 1 is 1.24 bits per heavy atom. The van der Waals surface area contributed by atoms with Crippen LogP contribution in [0.3, 0.4) is 0 Å². The average molecular weight is 323 g/mol. The molecule has 0 saturated heterocycles. The number of rotatable bonds is 5. The molecule has 114 valence electrons. The van der Waals surface area contributed by atoms with Gasteiger partial charge in [-0.15, -0.1) is 11.3 Å². The molecule has 2 nitrogen and oxygen atoms in total. The Morgan fingerprint density at radius 3 is 2.57 bits per heavy atom. The molecule has 0 saturated carbocycles. The van der Waals surface area contributed by atoms with Crippen LogP contribution >= 0.6 is 22.9 Å². The highest BCUT2D eigenvalue weighted by Crippen LogP contribution is 2.31. The van der Waals surface area contributed by atoms with Crippen molar-refractivity contribution in [3.63, 3.8) is 0 Å². The van der Waals surface area contributed by atoms with Crippen LogP contribution in [0.4, 0.5) is 0 Å². The molecule has 1 N–H and O–H groups in total. The molecule has 0 aliphatic heterocycles. The minimum atomic E-state index is 0.0694. The zero-order valence-corrected chi connectivity index (χ0v) is 14.7. The van der Waals surface area contributed by atoms with Crippen molar-refractivity contribution in [2.75, 3.05) is 6.54 Å². The van der Waals surface area contributed by atoms with Gasteiger partial charge in [-0.05, 0) is 18.2 Å². The Morgan fingerprint density at radius 2 is 1.95 bits per heavy atom. The molecule has 1 aromatic heterocycles. The van der Waals surface area contributed by atoms with E-state index in [-0.39, 0.29) is 5.41 Å². The average Bonchev–Trinajstić information content (AvgIpc) is 2.82. The summed E-state index contributed by atoms with van der Waals surface area (Å²) in [5.41, 5.74) is 2.42. The van der Waals surface area contributed by atoms with Gasteiger partial charge in [-0.1, -0.05) is 57.5 Å². The number of thiazole rings is 1. The van der Waals surface area contributed by atoms with Crippen molar-refractivity contribution in [3.05, 3.63) is 50.4 Å².